The first-order chi connectivity index (χ1) is 13.7. The molecule has 4 heteroatoms. The number of likely N-dealkylation sites (tertiary alicyclic amines) is 1. The highest BCUT2D eigenvalue weighted by molar-refractivity contribution is 5.28. The largest absolute Gasteiger partial charge is 0.497 e. The van der Waals surface area contributed by atoms with Crippen molar-refractivity contribution in [3.8, 4) is 5.75 Å². The fourth-order valence-corrected chi connectivity index (χ4v) is 4.21. The fourth-order valence-electron chi connectivity index (χ4n) is 4.21. The molecule has 1 aliphatic heterocycles. The number of rotatable bonds is 9. The van der Waals surface area contributed by atoms with Crippen molar-refractivity contribution in [2.75, 3.05) is 39.8 Å². The summed E-state index contributed by atoms with van der Waals surface area (Å²) in [5, 5.41) is 0. The van der Waals surface area contributed by atoms with Crippen molar-refractivity contribution >= 4 is 0 Å². The molecule has 2 heterocycles. The van der Waals surface area contributed by atoms with Gasteiger partial charge >= 0.3 is 0 Å². The highest BCUT2D eigenvalue weighted by Gasteiger charge is 2.21. The maximum atomic E-state index is 5.35. The molecule has 0 spiro atoms. The van der Waals surface area contributed by atoms with Gasteiger partial charge in [0.25, 0.3) is 0 Å². The van der Waals surface area contributed by atoms with Gasteiger partial charge in [-0.2, -0.15) is 0 Å². The predicted octanol–water partition coefficient (Wildman–Crippen LogP) is 4.18. The summed E-state index contributed by atoms with van der Waals surface area (Å²) in [5.74, 6) is 1.71. The van der Waals surface area contributed by atoms with Gasteiger partial charge in [-0.15, -0.1) is 0 Å². The monoisotopic (exact) mass is 381 g/mol. The van der Waals surface area contributed by atoms with Gasteiger partial charge in [-0.25, -0.2) is 0 Å². The van der Waals surface area contributed by atoms with Crippen molar-refractivity contribution in [3.63, 3.8) is 0 Å². The minimum Gasteiger partial charge on any atom is -0.497 e. The van der Waals surface area contributed by atoms with Crippen molar-refractivity contribution < 1.29 is 4.74 Å². The van der Waals surface area contributed by atoms with Crippen LogP contribution in [-0.2, 0) is 13.0 Å². The smallest absolute Gasteiger partial charge is 0.119 e. The third-order valence-corrected chi connectivity index (χ3v) is 5.75. The van der Waals surface area contributed by atoms with Gasteiger partial charge in [-0.3, -0.25) is 9.88 Å². The second-order valence-corrected chi connectivity index (χ2v) is 8.01. The van der Waals surface area contributed by atoms with E-state index in [1.165, 1.54) is 43.7 Å². The van der Waals surface area contributed by atoms with Gasteiger partial charge in [-0.05, 0) is 75.0 Å². The molecule has 1 aromatic carbocycles. The van der Waals surface area contributed by atoms with Crippen molar-refractivity contribution in [1.29, 1.82) is 0 Å². The molecule has 1 fully saturated rings. The Morgan fingerprint density at radius 2 is 2.07 bits per heavy atom. The number of benzene rings is 1. The molecular weight excluding hydrogens is 346 g/mol. The van der Waals surface area contributed by atoms with E-state index in [1.807, 2.05) is 6.07 Å². The maximum absolute atomic E-state index is 5.35. The lowest BCUT2D eigenvalue weighted by Gasteiger charge is -2.35. The van der Waals surface area contributed by atoms with Crippen LogP contribution in [0.1, 0.15) is 36.7 Å². The Morgan fingerprint density at radius 1 is 1.21 bits per heavy atom. The molecule has 3 rings (SSSR count). The molecule has 0 aliphatic carbocycles. The quantitative estimate of drug-likeness (QED) is 0.652. The van der Waals surface area contributed by atoms with Crippen LogP contribution in [0.25, 0.3) is 0 Å². The van der Waals surface area contributed by atoms with Gasteiger partial charge in [0, 0.05) is 31.9 Å². The van der Waals surface area contributed by atoms with Crippen LogP contribution in [0.3, 0.4) is 0 Å². The summed E-state index contributed by atoms with van der Waals surface area (Å²) in [6.45, 7) is 11.1. The van der Waals surface area contributed by atoms with E-state index in [1.54, 1.807) is 7.11 Å². The van der Waals surface area contributed by atoms with E-state index in [4.69, 9.17) is 4.74 Å². The third kappa shape index (κ3) is 6.32. The molecule has 0 N–H and O–H groups in total. The molecule has 1 aliphatic rings. The standard InChI is InChI=1S/C24H35N3O/c1-4-26(19-23-11-5-8-20(2)25-23)17-22-10-7-14-27(18-22)15-13-21-9-6-12-24(16-21)28-3/h5-6,8-9,11-12,16,22H,4,7,10,13-15,17-19H2,1-3H3/t22-/m1/s1. The second kappa shape index (κ2) is 10.6. The highest BCUT2D eigenvalue weighted by Crippen LogP contribution is 2.20. The number of piperidine rings is 1. The van der Waals surface area contributed by atoms with Crippen molar-refractivity contribution in [2.45, 2.75) is 39.7 Å². The van der Waals surface area contributed by atoms with E-state index in [0.29, 0.717) is 0 Å². The predicted molar refractivity (Wildman–Crippen MR) is 116 cm³/mol. The number of aromatic nitrogens is 1. The molecular formula is C24H35N3O. The van der Waals surface area contributed by atoms with Crippen LogP contribution in [0.4, 0.5) is 0 Å². The first kappa shape index (κ1) is 20.8. The fraction of sp³-hybridized carbons (Fsp3) is 0.542. The summed E-state index contributed by atoms with van der Waals surface area (Å²) in [5.41, 5.74) is 3.66. The lowest BCUT2D eigenvalue weighted by atomic mass is 9.96. The molecule has 4 nitrogen and oxygen atoms in total. The Kier molecular flexibility index (Phi) is 7.87. The molecule has 0 radical (unpaired) electrons. The summed E-state index contributed by atoms with van der Waals surface area (Å²) in [6.07, 6.45) is 3.74. The topological polar surface area (TPSA) is 28.6 Å². The summed E-state index contributed by atoms with van der Waals surface area (Å²) in [7, 11) is 1.74. The summed E-state index contributed by atoms with van der Waals surface area (Å²) in [6, 6.07) is 14.8. The Bertz CT molecular complexity index is 733. The van der Waals surface area contributed by atoms with E-state index >= 15 is 0 Å². The highest BCUT2D eigenvalue weighted by atomic mass is 16.5. The number of methoxy groups -OCH3 is 1. The third-order valence-electron chi connectivity index (χ3n) is 5.75. The van der Waals surface area contributed by atoms with Gasteiger partial charge in [0.2, 0.25) is 0 Å². The van der Waals surface area contributed by atoms with Crippen LogP contribution in [0.2, 0.25) is 0 Å². The first-order valence-electron chi connectivity index (χ1n) is 10.7. The van der Waals surface area contributed by atoms with Gasteiger partial charge in [0.1, 0.15) is 5.75 Å². The summed E-state index contributed by atoms with van der Waals surface area (Å²) < 4.78 is 5.35. The average molecular weight is 382 g/mol. The lowest BCUT2D eigenvalue weighted by Crippen LogP contribution is -2.41. The van der Waals surface area contributed by atoms with E-state index < -0.39 is 0 Å². The normalized spacial score (nSPS) is 17.8. The van der Waals surface area contributed by atoms with Gasteiger partial charge in [-0.1, -0.05) is 25.1 Å². The van der Waals surface area contributed by atoms with Crippen LogP contribution in [-0.4, -0.2) is 54.6 Å². The van der Waals surface area contributed by atoms with Crippen molar-refractivity contribution in [1.82, 2.24) is 14.8 Å². The van der Waals surface area contributed by atoms with E-state index in [0.717, 1.165) is 43.4 Å². The molecule has 1 atom stereocenters. The average Bonchev–Trinajstić information content (AvgIpc) is 2.72. The molecule has 152 valence electrons. The molecule has 1 saturated heterocycles. The van der Waals surface area contributed by atoms with E-state index in [9.17, 15) is 0 Å². The lowest BCUT2D eigenvalue weighted by molar-refractivity contribution is 0.132. The molecule has 0 saturated carbocycles. The second-order valence-electron chi connectivity index (χ2n) is 8.01. The Hall–Kier alpha value is -1.91. The Morgan fingerprint density at radius 3 is 2.86 bits per heavy atom. The molecule has 2 aromatic rings. The zero-order valence-electron chi connectivity index (χ0n) is 17.7. The molecule has 1 aromatic heterocycles. The number of hydrogen-bond acceptors (Lipinski definition) is 4. The molecule has 28 heavy (non-hydrogen) atoms. The van der Waals surface area contributed by atoms with E-state index in [-0.39, 0.29) is 0 Å². The zero-order chi connectivity index (χ0) is 19.8. The Balaban J connectivity index is 1.49. The number of aryl methyl sites for hydroxylation is 1. The van der Waals surface area contributed by atoms with Gasteiger partial charge < -0.3 is 9.64 Å². The van der Waals surface area contributed by atoms with Crippen LogP contribution >= 0.6 is 0 Å². The first-order valence-corrected chi connectivity index (χ1v) is 10.7. The number of pyridine rings is 1. The maximum Gasteiger partial charge on any atom is 0.119 e. The van der Waals surface area contributed by atoms with Crippen LogP contribution < -0.4 is 4.74 Å². The Labute approximate surface area is 170 Å². The zero-order valence-corrected chi connectivity index (χ0v) is 17.7. The summed E-state index contributed by atoms with van der Waals surface area (Å²) in [4.78, 5) is 9.88. The van der Waals surface area contributed by atoms with Crippen molar-refractivity contribution in [2.24, 2.45) is 5.92 Å². The minimum atomic E-state index is 0.754. The minimum absolute atomic E-state index is 0.754. The molecule has 0 unspecified atom stereocenters. The number of hydrogen-bond donors (Lipinski definition) is 0. The number of ether oxygens (including phenoxy) is 1. The van der Waals surface area contributed by atoms with Crippen molar-refractivity contribution in [3.05, 3.63) is 59.4 Å². The van der Waals surface area contributed by atoms with Gasteiger partial charge in [0.05, 0.1) is 12.8 Å². The SMILES string of the molecule is CCN(Cc1cccc(C)n1)C[C@H]1CCCN(CCc2cccc(OC)c2)C1. The van der Waals surface area contributed by atoms with Crippen LogP contribution in [0, 0.1) is 12.8 Å². The molecule has 0 amide bonds. The summed E-state index contributed by atoms with van der Waals surface area (Å²) >= 11 is 0. The van der Waals surface area contributed by atoms with E-state index in [2.05, 4.69) is 65.0 Å². The van der Waals surface area contributed by atoms with Gasteiger partial charge in [0.15, 0.2) is 0 Å². The van der Waals surface area contributed by atoms with Crippen LogP contribution in [0.5, 0.6) is 5.75 Å². The molecule has 0 bridgehead atoms. The number of nitrogens with zero attached hydrogens (tertiary/aromatic N) is 3. The van der Waals surface area contributed by atoms with Crippen LogP contribution in [0.15, 0.2) is 42.5 Å².